The highest BCUT2D eigenvalue weighted by atomic mass is 16.5. The summed E-state index contributed by atoms with van der Waals surface area (Å²) in [5, 5.41) is 9.02. The van der Waals surface area contributed by atoms with Gasteiger partial charge in [0.1, 0.15) is 12.1 Å². The molecule has 0 amide bonds. The third-order valence-corrected chi connectivity index (χ3v) is 2.03. The highest BCUT2D eigenvalue weighted by Gasteiger charge is 2.23. The Morgan fingerprint density at radius 2 is 1.77 bits per heavy atom. The quantitative estimate of drug-likeness (QED) is 0.623. The Morgan fingerprint density at radius 3 is 2.08 bits per heavy atom. The minimum absolute atomic E-state index is 0.169. The molecular formula is C9H19NO3. The highest BCUT2D eigenvalue weighted by Crippen LogP contribution is 2.06. The summed E-state index contributed by atoms with van der Waals surface area (Å²) in [5.74, 6) is -0.290. The third-order valence-electron chi connectivity index (χ3n) is 2.03. The van der Waals surface area contributed by atoms with Crippen molar-refractivity contribution in [1.29, 1.82) is 0 Å². The Morgan fingerprint density at radius 1 is 1.31 bits per heavy atom. The van der Waals surface area contributed by atoms with Crippen LogP contribution in [-0.4, -0.2) is 29.3 Å². The van der Waals surface area contributed by atoms with Crippen LogP contribution in [-0.2, 0) is 9.53 Å². The van der Waals surface area contributed by atoms with Crippen LogP contribution < -0.4 is 5.73 Å². The van der Waals surface area contributed by atoms with Gasteiger partial charge in [-0.25, -0.2) is 0 Å². The van der Waals surface area contributed by atoms with Gasteiger partial charge in [-0.2, -0.15) is 0 Å². The highest BCUT2D eigenvalue weighted by molar-refractivity contribution is 5.76. The second-order valence-corrected chi connectivity index (χ2v) is 3.65. The fraction of sp³-hybridized carbons (Fsp3) is 0.889. The van der Waals surface area contributed by atoms with Gasteiger partial charge in [0.05, 0.1) is 6.10 Å². The second kappa shape index (κ2) is 5.19. The summed E-state index contributed by atoms with van der Waals surface area (Å²) in [7, 11) is 0. The van der Waals surface area contributed by atoms with Crippen molar-refractivity contribution in [3.63, 3.8) is 0 Å². The number of rotatable bonds is 4. The van der Waals surface area contributed by atoms with Crippen LogP contribution in [0.5, 0.6) is 0 Å². The van der Waals surface area contributed by atoms with E-state index in [-0.39, 0.29) is 12.0 Å². The molecule has 1 unspecified atom stereocenters. The molecule has 4 heteroatoms. The zero-order valence-corrected chi connectivity index (χ0v) is 8.65. The molecule has 4 nitrogen and oxygen atoms in total. The van der Waals surface area contributed by atoms with E-state index in [0.717, 1.165) is 0 Å². The number of nitrogens with two attached hydrogens (primary N) is 1. The lowest BCUT2D eigenvalue weighted by Gasteiger charge is -2.20. The van der Waals surface area contributed by atoms with Gasteiger partial charge in [0.15, 0.2) is 0 Å². The molecule has 0 aliphatic rings. The largest absolute Gasteiger partial charge is 0.461 e. The summed E-state index contributed by atoms with van der Waals surface area (Å²) >= 11 is 0. The van der Waals surface area contributed by atoms with Gasteiger partial charge in [0.25, 0.3) is 0 Å². The van der Waals surface area contributed by atoms with E-state index in [1.54, 1.807) is 6.92 Å². The first-order chi connectivity index (χ1) is 5.86. The van der Waals surface area contributed by atoms with Crippen molar-refractivity contribution in [2.75, 3.05) is 0 Å². The first-order valence-electron chi connectivity index (χ1n) is 4.50. The molecule has 0 aromatic heterocycles. The van der Waals surface area contributed by atoms with Crippen LogP contribution in [0.25, 0.3) is 0 Å². The predicted molar refractivity (Wildman–Crippen MR) is 50.0 cm³/mol. The zero-order chi connectivity index (χ0) is 10.6. The van der Waals surface area contributed by atoms with E-state index in [1.807, 2.05) is 13.8 Å². The lowest BCUT2D eigenvalue weighted by molar-refractivity contribution is -0.154. The van der Waals surface area contributed by atoms with Crippen molar-refractivity contribution >= 4 is 5.97 Å². The molecule has 0 heterocycles. The summed E-state index contributed by atoms with van der Waals surface area (Å²) in [4.78, 5) is 11.2. The minimum Gasteiger partial charge on any atom is -0.461 e. The molecule has 0 aromatic rings. The average molecular weight is 189 g/mol. The van der Waals surface area contributed by atoms with Crippen molar-refractivity contribution in [1.82, 2.24) is 0 Å². The molecule has 0 aliphatic heterocycles. The van der Waals surface area contributed by atoms with Crippen molar-refractivity contribution < 1.29 is 14.6 Å². The molecule has 0 rings (SSSR count). The van der Waals surface area contributed by atoms with Crippen LogP contribution >= 0.6 is 0 Å². The van der Waals surface area contributed by atoms with Gasteiger partial charge in [0.2, 0.25) is 0 Å². The number of aliphatic hydroxyl groups is 1. The summed E-state index contributed by atoms with van der Waals surface area (Å²) in [5.41, 5.74) is 5.38. The number of hydrogen-bond donors (Lipinski definition) is 2. The Hall–Kier alpha value is -0.610. The van der Waals surface area contributed by atoms with Gasteiger partial charge in [-0.05, 0) is 19.8 Å². The summed E-state index contributed by atoms with van der Waals surface area (Å²) in [6.45, 7) is 7.17. The van der Waals surface area contributed by atoms with E-state index in [1.165, 1.54) is 6.92 Å². The van der Waals surface area contributed by atoms with Gasteiger partial charge in [-0.1, -0.05) is 13.8 Å². The molecule has 0 saturated heterocycles. The predicted octanol–water partition coefficient (Wildman–Crippen LogP) is 0.282. The molecular weight excluding hydrogens is 170 g/mol. The molecule has 0 spiro atoms. The molecule has 78 valence electrons. The van der Waals surface area contributed by atoms with Crippen LogP contribution in [0.1, 0.15) is 27.7 Å². The van der Waals surface area contributed by atoms with Gasteiger partial charge < -0.3 is 15.6 Å². The molecule has 0 saturated carbocycles. The van der Waals surface area contributed by atoms with E-state index in [2.05, 4.69) is 0 Å². The van der Waals surface area contributed by atoms with Crippen LogP contribution in [0.2, 0.25) is 0 Å². The summed E-state index contributed by atoms with van der Waals surface area (Å²) < 4.78 is 5.01. The van der Waals surface area contributed by atoms with Gasteiger partial charge >= 0.3 is 5.97 Å². The molecule has 0 aromatic carbocycles. The Bertz CT molecular complexity index is 168. The van der Waals surface area contributed by atoms with Crippen molar-refractivity contribution in [2.45, 2.75) is 45.9 Å². The van der Waals surface area contributed by atoms with Crippen LogP contribution in [0.4, 0.5) is 0 Å². The van der Waals surface area contributed by atoms with E-state index < -0.39 is 18.1 Å². The molecule has 3 N–H and O–H groups in total. The number of ether oxygens (including phenoxy) is 1. The summed E-state index contributed by atoms with van der Waals surface area (Å²) in [6, 6.07) is -0.943. The number of carbonyl (C=O) groups is 1. The Balaban J connectivity index is 4.00. The maximum Gasteiger partial charge on any atom is 0.325 e. The number of hydrogen-bond acceptors (Lipinski definition) is 4. The maximum absolute atomic E-state index is 11.2. The lowest BCUT2D eigenvalue weighted by Crippen LogP contribution is -2.43. The standard InChI is InChI=1S/C9H19NO3/c1-5(2)7(4)13-9(12)8(10)6(3)11/h5-8,11H,10H2,1-4H3/t6?,7-,8+/m1/s1. The smallest absolute Gasteiger partial charge is 0.325 e. The normalized spacial score (nSPS) is 18.1. The molecule has 0 radical (unpaired) electrons. The topological polar surface area (TPSA) is 72.5 Å². The molecule has 0 fully saturated rings. The lowest BCUT2D eigenvalue weighted by atomic mass is 10.1. The Labute approximate surface area is 79.1 Å². The fourth-order valence-electron chi connectivity index (χ4n) is 0.595. The van der Waals surface area contributed by atoms with Gasteiger partial charge in [0, 0.05) is 0 Å². The van der Waals surface area contributed by atoms with Crippen LogP contribution in [0.3, 0.4) is 0 Å². The fourth-order valence-corrected chi connectivity index (χ4v) is 0.595. The first-order valence-corrected chi connectivity index (χ1v) is 4.50. The van der Waals surface area contributed by atoms with Crippen molar-refractivity contribution in [2.24, 2.45) is 11.7 Å². The molecule has 0 bridgehead atoms. The zero-order valence-electron chi connectivity index (χ0n) is 8.65. The monoisotopic (exact) mass is 189 g/mol. The first kappa shape index (κ1) is 12.4. The maximum atomic E-state index is 11.2. The van der Waals surface area contributed by atoms with E-state index in [9.17, 15) is 4.79 Å². The van der Waals surface area contributed by atoms with Gasteiger partial charge in [-0.15, -0.1) is 0 Å². The van der Waals surface area contributed by atoms with Crippen LogP contribution in [0.15, 0.2) is 0 Å². The second-order valence-electron chi connectivity index (χ2n) is 3.65. The SMILES string of the molecule is CC(O)[C@H](N)C(=O)O[C@H](C)C(C)C. The minimum atomic E-state index is -0.943. The Kier molecular flexibility index (Phi) is 4.95. The van der Waals surface area contributed by atoms with Crippen LogP contribution in [0, 0.1) is 5.92 Å². The van der Waals surface area contributed by atoms with Crippen molar-refractivity contribution in [3.8, 4) is 0 Å². The number of carbonyl (C=O) groups excluding carboxylic acids is 1. The van der Waals surface area contributed by atoms with E-state index in [0.29, 0.717) is 0 Å². The molecule has 0 aliphatic carbocycles. The van der Waals surface area contributed by atoms with E-state index >= 15 is 0 Å². The van der Waals surface area contributed by atoms with Gasteiger partial charge in [-0.3, -0.25) is 4.79 Å². The van der Waals surface area contributed by atoms with E-state index in [4.69, 9.17) is 15.6 Å². The number of esters is 1. The average Bonchev–Trinajstić information content (AvgIpc) is 2.02. The number of aliphatic hydroxyl groups excluding tert-OH is 1. The third kappa shape index (κ3) is 4.24. The molecule has 3 atom stereocenters. The van der Waals surface area contributed by atoms with Crippen molar-refractivity contribution in [3.05, 3.63) is 0 Å². The molecule has 13 heavy (non-hydrogen) atoms. The summed E-state index contributed by atoms with van der Waals surface area (Å²) in [6.07, 6.45) is -1.04.